The molecular formula is C31H29N5O5S. The minimum Gasteiger partial charge on any atom is -0.481 e. The first-order valence-corrected chi connectivity index (χ1v) is 14.7. The van der Waals surface area contributed by atoms with Crippen molar-refractivity contribution in [3.05, 3.63) is 101 Å². The summed E-state index contributed by atoms with van der Waals surface area (Å²) in [5.74, 6) is -1.29. The van der Waals surface area contributed by atoms with Crippen molar-refractivity contribution in [1.82, 2.24) is 9.97 Å². The second-order valence-corrected chi connectivity index (χ2v) is 11.8. The van der Waals surface area contributed by atoms with Crippen LogP contribution in [0.4, 0.5) is 5.69 Å². The van der Waals surface area contributed by atoms with E-state index in [-0.39, 0.29) is 40.7 Å². The molecule has 3 aromatic carbocycles. The van der Waals surface area contributed by atoms with E-state index in [2.05, 4.69) is 9.97 Å². The number of fused-ring (bicyclic) bond motifs is 2. The van der Waals surface area contributed by atoms with Crippen LogP contribution in [0.2, 0.25) is 0 Å². The Labute approximate surface area is 242 Å². The van der Waals surface area contributed by atoms with Crippen LogP contribution in [0.25, 0.3) is 21.8 Å². The molecule has 5 aromatic rings. The first-order chi connectivity index (χ1) is 20.1. The van der Waals surface area contributed by atoms with Crippen molar-refractivity contribution in [3.8, 4) is 0 Å². The lowest BCUT2D eigenvalue weighted by Crippen LogP contribution is -2.33. The van der Waals surface area contributed by atoms with Gasteiger partial charge in [-0.1, -0.05) is 42.5 Å². The van der Waals surface area contributed by atoms with Gasteiger partial charge in [-0.15, -0.1) is 0 Å². The molecule has 42 heavy (non-hydrogen) atoms. The molecule has 0 radical (unpaired) electrons. The van der Waals surface area contributed by atoms with Crippen molar-refractivity contribution in [2.45, 2.75) is 31.1 Å². The summed E-state index contributed by atoms with van der Waals surface area (Å²) in [6, 6.07) is 20.3. The number of hydrogen-bond acceptors (Lipinski definition) is 6. The average molecular weight is 584 g/mol. The van der Waals surface area contributed by atoms with Gasteiger partial charge in [-0.3, -0.25) is 24.3 Å². The van der Waals surface area contributed by atoms with Crippen molar-refractivity contribution >= 4 is 55.1 Å². The number of benzene rings is 3. The van der Waals surface area contributed by atoms with Gasteiger partial charge in [0.25, 0.3) is 10.0 Å². The van der Waals surface area contributed by atoms with Gasteiger partial charge in [0.15, 0.2) is 5.78 Å². The van der Waals surface area contributed by atoms with Crippen LogP contribution in [0, 0.1) is 12.3 Å². The lowest BCUT2D eigenvalue weighted by molar-refractivity contribution is -0.136. The first-order valence-electron chi connectivity index (χ1n) is 13.2. The molecule has 2 heterocycles. The Kier molecular flexibility index (Phi) is 7.77. The third-order valence-corrected chi connectivity index (χ3v) is 8.99. The second-order valence-electron chi connectivity index (χ2n) is 9.94. The maximum atomic E-state index is 14.0. The lowest BCUT2D eigenvalue weighted by atomic mass is 9.99. The number of para-hydroxylation sites is 1. The summed E-state index contributed by atoms with van der Waals surface area (Å²) in [5, 5.41) is 18.1. The number of sulfonamides is 1. The van der Waals surface area contributed by atoms with E-state index in [1.165, 1.54) is 12.3 Å². The van der Waals surface area contributed by atoms with Gasteiger partial charge in [0.2, 0.25) is 0 Å². The number of anilines is 1. The van der Waals surface area contributed by atoms with Crippen LogP contribution in [0.5, 0.6) is 0 Å². The fourth-order valence-corrected chi connectivity index (χ4v) is 6.68. The number of amidine groups is 1. The van der Waals surface area contributed by atoms with Gasteiger partial charge in [0.05, 0.1) is 17.6 Å². The monoisotopic (exact) mass is 583 g/mol. The SMILES string of the molecule is Cc1[nH]c2ccc(N(CCC(=O)O)S(=O)(=O)c3cccc4cccnc34)cc2c1C(=O)CCc1ccc(C(=N)N)cc1. The van der Waals surface area contributed by atoms with Gasteiger partial charge >= 0.3 is 5.97 Å². The smallest absolute Gasteiger partial charge is 0.305 e. The number of nitrogens with zero attached hydrogens (tertiary/aromatic N) is 2. The van der Waals surface area contributed by atoms with E-state index in [0.717, 1.165) is 9.87 Å². The molecule has 5 rings (SSSR count). The van der Waals surface area contributed by atoms with Gasteiger partial charge < -0.3 is 15.8 Å². The molecule has 10 nitrogen and oxygen atoms in total. The topological polar surface area (TPSA) is 170 Å². The molecule has 5 N–H and O–H groups in total. The maximum Gasteiger partial charge on any atom is 0.305 e. The number of aliphatic carboxylic acids is 1. The normalized spacial score (nSPS) is 11.5. The number of aromatic amines is 1. The second kappa shape index (κ2) is 11.5. The largest absolute Gasteiger partial charge is 0.481 e. The van der Waals surface area contributed by atoms with Crippen LogP contribution < -0.4 is 10.0 Å². The molecule has 0 aliphatic rings. The number of carbonyl (C=O) groups is 2. The zero-order valence-electron chi connectivity index (χ0n) is 22.8. The molecular weight excluding hydrogens is 554 g/mol. The summed E-state index contributed by atoms with van der Waals surface area (Å²) in [4.78, 5) is 32.4. The summed E-state index contributed by atoms with van der Waals surface area (Å²) in [5.41, 5.74) is 9.33. The van der Waals surface area contributed by atoms with Crippen LogP contribution in [0.15, 0.2) is 83.9 Å². The lowest BCUT2D eigenvalue weighted by Gasteiger charge is -2.24. The minimum absolute atomic E-state index is 0.0287. The standard InChI is InChI=1S/C31H29N5O5S/c1-19-29(26(37)14-9-20-7-10-22(11-8-20)31(32)33)24-18-23(12-13-25(24)35-19)36(17-15-28(38)39)42(40,41)27-6-2-4-21-5-3-16-34-30(21)27/h2-8,10-13,16,18,35H,9,14-15,17H2,1H3,(H3,32,33)(H,38,39). The number of carbonyl (C=O) groups excluding carboxylic acids is 1. The molecule has 0 aliphatic carbocycles. The number of aromatic nitrogens is 2. The Morgan fingerprint density at radius 2 is 1.76 bits per heavy atom. The van der Waals surface area contributed by atoms with Crippen molar-refractivity contribution in [3.63, 3.8) is 0 Å². The highest BCUT2D eigenvalue weighted by atomic mass is 32.2. The molecule has 0 bridgehead atoms. The molecule has 0 amide bonds. The van der Waals surface area contributed by atoms with Crippen molar-refractivity contribution < 1.29 is 23.1 Å². The highest BCUT2D eigenvalue weighted by molar-refractivity contribution is 7.93. The molecule has 0 saturated carbocycles. The van der Waals surface area contributed by atoms with Gasteiger partial charge in [0, 0.05) is 52.3 Å². The maximum absolute atomic E-state index is 14.0. The summed E-state index contributed by atoms with van der Waals surface area (Å²) in [7, 11) is -4.24. The Morgan fingerprint density at radius 1 is 1.02 bits per heavy atom. The predicted octanol–water partition coefficient (Wildman–Crippen LogP) is 4.79. The Morgan fingerprint density at radius 3 is 2.48 bits per heavy atom. The quantitative estimate of drug-likeness (QED) is 0.0983. The summed E-state index contributed by atoms with van der Waals surface area (Å²) in [6.45, 7) is 1.48. The third kappa shape index (κ3) is 5.59. The fraction of sp³-hybridized carbons (Fsp3) is 0.161. The van der Waals surface area contributed by atoms with Crippen LogP contribution in [-0.4, -0.2) is 47.6 Å². The van der Waals surface area contributed by atoms with Crippen molar-refractivity contribution in [2.24, 2.45) is 5.73 Å². The molecule has 0 spiro atoms. The highest BCUT2D eigenvalue weighted by Gasteiger charge is 2.29. The van der Waals surface area contributed by atoms with Crippen molar-refractivity contribution in [1.29, 1.82) is 5.41 Å². The molecule has 11 heteroatoms. The Balaban J connectivity index is 1.52. The summed E-state index contributed by atoms with van der Waals surface area (Å²) < 4.78 is 29.2. The fourth-order valence-electron chi connectivity index (χ4n) is 5.05. The Bertz CT molecular complexity index is 1940. The van der Waals surface area contributed by atoms with Crippen LogP contribution in [0.3, 0.4) is 0 Å². The number of H-pyrrole nitrogens is 1. The summed E-state index contributed by atoms with van der Waals surface area (Å²) >= 11 is 0. The van der Waals surface area contributed by atoms with Crippen LogP contribution >= 0.6 is 0 Å². The molecule has 2 aromatic heterocycles. The average Bonchev–Trinajstić information content (AvgIpc) is 3.30. The van der Waals surface area contributed by atoms with E-state index in [4.69, 9.17) is 11.1 Å². The van der Waals surface area contributed by atoms with E-state index in [1.807, 2.05) is 12.1 Å². The number of carboxylic acid groups (broad SMARTS) is 1. The zero-order chi connectivity index (χ0) is 30.0. The number of nitrogens with two attached hydrogens (primary N) is 1. The highest BCUT2D eigenvalue weighted by Crippen LogP contribution is 2.33. The summed E-state index contributed by atoms with van der Waals surface area (Å²) in [6.07, 6.45) is 1.76. The molecule has 0 fully saturated rings. The minimum atomic E-state index is -4.24. The van der Waals surface area contributed by atoms with Gasteiger partial charge in [0.1, 0.15) is 10.7 Å². The Hall–Kier alpha value is -5.03. The first kappa shape index (κ1) is 28.5. The van der Waals surface area contributed by atoms with E-state index < -0.39 is 22.4 Å². The number of nitrogens with one attached hydrogen (secondary N) is 2. The predicted molar refractivity (Wildman–Crippen MR) is 162 cm³/mol. The van der Waals surface area contributed by atoms with Crippen LogP contribution in [0.1, 0.15) is 40.0 Å². The number of nitrogen functional groups attached to an aromatic ring is 1. The molecule has 214 valence electrons. The number of pyridine rings is 1. The molecule has 0 aliphatic heterocycles. The molecule has 0 atom stereocenters. The number of carboxylic acids is 1. The number of hydrogen-bond donors (Lipinski definition) is 4. The van der Waals surface area contributed by atoms with Crippen molar-refractivity contribution in [2.75, 3.05) is 10.8 Å². The zero-order valence-corrected chi connectivity index (χ0v) is 23.6. The number of ketones is 1. The van der Waals surface area contributed by atoms with Gasteiger partial charge in [-0.2, -0.15) is 0 Å². The van der Waals surface area contributed by atoms with E-state index in [1.54, 1.807) is 61.5 Å². The molecule has 0 unspecified atom stereocenters. The van der Waals surface area contributed by atoms with Gasteiger partial charge in [-0.25, -0.2) is 8.42 Å². The van der Waals surface area contributed by atoms with E-state index >= 15 is 0 Å². The van der Waals surface area contributed by atoms with E-state index in [0.29, 0.717) is 39.5 Å². The van der Waals surface area contributed by atoms with Gasteiger partial charge in [-0.05, 0) is 49.2 Å². The van der Waals surface area contributed by atoms with E-state index in [9.17, 15) is 23.1 Å². The molecule has 0 saturated heterocycles. The van der Waals surface area contributed by atoms with Crippen LogP contribution in [-0.2, 0) is 21.2 Å². The number of aryl methyl sites for hydroxylation is 2. The number of rotatable bonds is 11. The third-order valence-electron chi connectivity index (χ3n) is 7.13. The number of Topliss-reactive ketones (excluding diaryl/α,β-unsaturated/α-hetero) is 1.